The Hall–Kier alpha value is -4.15. The average Bonchev–Trinajstić information content (AvgIpc) is 3.10. The maximum atomic E-state index is 13.5. The minimum absolute atomic E-state index is 0.0645. The van der Waals surface area contributed by atoms with E-state index in [0.717, 1.165) is 40.4 Å². The van der Waals surface area contributed by atoms with Gasteiger partial charge in [0.2, 0.25) is 11.5 Å². The van der Waals surface area contributed by atoms with Crippen molar-refractivity contribution in [2.24, 2.45) is 17.8 Å². The van der Waals surface area contributed by atoms with Crippen molar-refractivity contribution < 1.29 is 39.0 Å². The molecule has 0 bridgehead atoms. The van der Waals surface area contributed by atoms with Crippen molar-refractivity contribution in [1.82, 2.24) is 5.32 Å². The van der Waals surface area contributed by atoms with E-state index in [1.54, 1.807) is 6.92 Å². The fraction of sp³-hybridized carbons (Fsp3) is 0.525. The van der Waals surface area contributed by atoms with Gasteiger partial charge in [-0.1, -0.05) is 25.1 Å². The van der Waals surface area contributed by atoms with Crippen molar-refractivity contribution >= 4 is 28.9 Å². The Morgan fingerprint density at radius 2 is 1.82 bits per heavy atom. The van der Waals surface area contributed by atoms with E-state index in [2.05, 4.69) is 24.1 Å². The summed E-state index contributed by atoms with van der Waals surface area (Å²) < 4.78 is 12.1. The van der Waals surface area contributed by atoms with Gasteiger partial charge in [0.1, 0.15) is 25.0 Å². The third-order valence-electron chi connectivity index (χ3n) is 11.2. The number of anilines is 1. The summed E-state index contributed by atoms with van der Waals surface area (Å²) in [7, 11) is 0. The highest BCUT2D eigenvalue weighted by Gasteiger charge is 2.46. The minimum Gasteiger partial charge on any atom is -0.874 e. The molecule has 0 fully saturated rings. The third-order valence-corrected chi connectivity index (χ3v) is 11.2. The highest BCUT2D eigenvalue weighted by Crippen LogP contribution is 2.45. The van der Waals surface area contributed by atoms with Crippen molar-refractivity contribution in [2.45, 2.75) is 86.0 Å². The lowest BCUT2D eigenvalue weighted by atomic mass is 9.69. The molecule has 0 spiro atoms. The summed E-state index contributed by atoms with van der Waals surface area (Å²) in [6.45, 7) is 18.3. The number of ether oxygens (including phenoxy) is 2. The summed E-state index contributed by atoms with van der Waals surface area (Å²) in [5.41, 5.74) is 4.04. The van der Waals surface area contributed by atoms with Crippen LogP contribution >= 0.6 is 0 Å². The zero-order valence-electron chi connectivity index (χ0n) is 30.7. The van der Waals surface area contributed by atoms with Crippen LogP contribution in [0.5, 0.6) is 0 Å². The van der Waals surface area contributed by atoms with E-state index in [1.807, 2.05) is 70.2 Å². The number of amides is 1. The molecule has 7 atom stereocenters. The Kier molecular flexibility index (Phi) is 11.1. The van der Waals surface area contributed by atoms with E-state index in [9.17, 15) is 24.6 Å². The molecule has 7 unspecified atom stereocenters. The highest BCUT2D eigenvalue weighted by molar-refractivity contribution is 6.29. The maximum Gasteiger partial charge on any atom is 0.350 e. The number of benzene rings is 1. The number of likely N-dealkylation sites (N-methyl/N-ethyl adjacent to an activating group) is 1. The van der Waals surface area contributed by atoms with Gasteiger partial charge >= 0.3 is 5.97 Å². The van der Waals surface area contributed by atoms with Crippen molar-refractivity contribution in [3.05, 3.63) is 82.0 Å². The third kappa shape index (κ3) is 6.92. The van der Waals surface area contributed by atoms with Crippen LogP contribution in [0.3, 0.4) is 0 Å². The van der Waals surface area contributed by atoms with Gasteiger partial charge in [-0.25, -0.2) is 4.79 Å². The topological polar surface area (TPSA) is 133 Å². The molecule has 5 rings (SSSR count). The van der Waals surface area contributed by atoms with Gasteiger partial charge in [0.15, 0.2) is 5.78 Å². The van der Waals surface area contributed by atoms with Gasteiger partial charge in [0.25, 0.3) is 0 Å². The summed E-state index contributed by atoms with van der Waals surface area (Å²) in [6.07, 6.45) is 6.32. The molecule has 0 aromatic heterocycles. The smallest absolute Gasteiger partial charge is 0.350 e. The Labute approximate surface area is 296 Å². The number of ketones is 1. The van der Waals surface area contributed by atoms with Gasteiger partial charge in [0.05, 0.1) is 12.6 Å². The lowest BCUT2D eigenvalue weighted by molar-refractivity contribution is -0.910. The van der Waals surface area contributed by atoms with Crippen LogP contribution in [0.25, 0.3) is 5.57 Å². The Morgan fingerprint density at radius 1 is 1.14 bits per heavy atom. The van der Waals surface area contributed by atoms with Crippen LogP contribution in [0.15, 0.2) is 76.4 Å². The molecule has 4 aliphatic rings. The number of aliphatic hydroxyl groups is 1. The number of hydrogen-bond donors (Lipinski definition) is 3. The molecule has 50 heavy (non-hydrogen) atoms. The number of Topliss-reactive ketones (excluding diaryl/α,β-unsaturated/α-hetero) is 1. The first kappa shape index (κ1) is 37.1. The molecule has 1 aliphatic heterocycles. The Morgan fingerprint density at radius 3 is 2.42 bits per heavy atom. The molecule has 3 aliphatic carbocycles. The first-order valence-electron chi connectivity index (χ1n) is 18.0. The summed E-state index contributed by atoms with van der Waals surface area (Å²) >= 11 is 0. The zero-order valence-corrected chi connectivity index (χ0v) is 30.7. The van der Waals surface area contributed by atoms with Crippen molar-refractivity contribution in [1.29, 1.82) is 0 Å². The van der Waals surface area contributed by atoms with Gasteiger partial charge in [-0.05, 0) is 94.5 Å². The molecular weight excluding hydrogens is 634 g/mol. The second kappa shape index (κ2) is 15.0. The number of nitrogens with zero attached hydrogens (tertiary/aromatic N) is 1. The number of rotatable bonds is 12. The summed E-state index contributed by atoms with van der Waals surface area (Å²) in [4.78, 5) is 42.4. The fourth-order valence-corrected chi connectivity index (χ4v) is 7.79. The minimum atomic E-state index is -1.13. The number of quaternary nitrogens is 1. The molecule has 1 aromatic rings. The molecule has 0 saturated heterocycles. The van der Waals surface area contributed by atoms with Gasteiger partial charge in [-0.2, -0.15) is 0 Å². The number of hydrogen-bond acceptors (Lipinski definition) is 8. The van der Waals surface area contributed by atoms with E-state index < -0.39 is 29.5 Å². The molecule has 1 aromatic carbocycles. The largest absolute Gasteiger partial charge is 0.874 e. The normalized spacial score (nSPS) is 28.4. The van der Waals surface area contributed by atoms with Gasteiger partial charge < -0.3 is 34.8 Å². The molecule has 10 heteroatoms. The van der Waals surface area contributed by atoms with Crippen LogP contribution in [-0.2, 0) is 23.9 Å². The van der Waals surface area contributed by atoms with Crippen LogP contribution < -0.4 is 20.2 Å². The maximum absolute atomic E-state index is 13.5. The summed E-state index contributed by atoms with van der Waals surface area (Å²) in [5.74, 6) is -1.97. The van der Waals surface area contributed by atoms with E-state index in [0.29, 0.717) is 43.0 Å². The molecule has 1 heterocycles. The zero-order chi connectivity index (χ0) is 36.5. The summed E-state index contributed by atoms with van der Waals surface area (Å²) in [5, 5.41) is 27.0. The van der Waals surface area contributed by atoms with Crippen LogP contribution in [0.2, 0.25) is 0 Å². The van der Waals surface area contributed by atoms with E-state index in [4.69, 9.17) is 9.47 Å². The SMILES string of the molecule is CCN(CC)c1ccc(C2=C([O-])C(C3C=CC([NH+](CC)CCOC(=O)C4(C)CCC5=C(O4)C(C)=C(C)C(O)C5C)C=C3NC(C)=O)C2=O)cc1. The Bertz CT molecular complexity index is 1670. The van der Waals surface area contributed by atoms with E-state index in [1.165, 1.54) is 6.92 Å². The van der Waals surface area contributed by atoms with Crippen LogP contribution in [0, 0.1) is 17.8 Å². The molecule has 1 amide bonds. The van der Waals surface area contributed by atoms with Gasteiger partial charge in [-0.15, -0.1) is 5.76 Å². The van der Waals surface area contributed by atoms with E-state index >= 15 is 0 Å². The van der Waals surface area contributed by atoms with Crippen molar-refractivity contribution in [3.8, 4) is 0 Å². The number of nitrogens with one attached hydrogen (secondary N) is 2. The van der Waals surface area contributed by atoms with Crippen LogP contribution in [0.4, 0.5) is 5.69 Å². The first-order chi connectivity index (χ1) is 23.8. The van der Waals surface area contributed by atoms with E-state index in [-0.39, 0.29) is 41.6 Å². The molecule has 0 saturated carbocycles. The van der Waals surface area contributed by atoms with Crippen LogP contribution in [-0.4, -0.2) is 73.3 Å². The van der Waals surface area contributed by atoms with Crippen molar-refractivity contribution in [2.75, 3.05) is 37.7 Å². The fourth-order valence-electron chi connectivity index (χ4n) is 7.79. The van der Waals surface area contributed by atoms with Crippen LogP contribution in [0.1, 0.15) is 73.8 Å². The first-order valence-corrected chi connectivity index (χ1v) is 18.0. The number of aliphatic hydroxyl groups excluding tert-OH is 1. The standard InChI is InChI=1S/C40H53N3O7/c1-9-42(10-2)28-14-12-27(13-15-28)33-36(46)34(37(33)47)31-17-16-29(22-32(31)41-26(7)44)43(11-3)20-21-49-39(48)40(8)19-18-30-25(6)35(45)23(4)24(5)38(30)50-40/h12-17,22,25,29,31,34-35,45-46H,9-11,18-21H2,1-8H3,(H,41,44). The predicted molar refractivity (Wildman–Crippen MR) is 190 cm³/mol. The van der Waals surface area contributed by atoms with Gasteiger partial charge in [0, 0.05) is 61.1 Å². The molecular formula is C40H53N3O7. The second-order valence-electron chi connectivity index (χ2n) is 14.2. The Balaban J connectivity index is 1.24. The molecule has 0 radical (unpaired) electrons. The predicted octanol–water partition coefficient (Wildman–Crippen LogP) is 3.00. The molecule has 270 valence electrons. The monoisotopic (exact) mass is 687 g/mol. The lowest BCUT2D eigenvalue weighted by Crippen LogP contribution is -3.15. The van der Waals surface area contributed by atoms with Gasteiger partial charge in [-0.3, -0.25) is 9.59 Å². The quantitative estimate of drug-likeness (QED) is 0.226. The number of carbonyl (C=O) groups is 3. The number of esters is 1. The van der Waals surface area contributed by atoms with Crippen molar-refractivity contribution in [3.63, 3.8) is 0 Å². The highest BCUT2D eigenvalue weighted by atomic mass is 16.6. The average molecular weight is 688 g/mol. The lowest BCUT2D eigenvalue weighted by Gasteiger charge is -2.42. The molecule has 3 N–H and O–H groups in total. The number of carbonyl (C=O) groups excluding carboxylic acids is 3. The second-order valence-corrected chi connectivity index (χ2v) is 14.2. The molecule has 10 nitrogen and oxygen atoms in total. The number of allylic oxidation sites excluding steroid dienone is 4. The summed E-state index contributed by atoms with van der Waals surface area (Å²) in [6, 6.07) is 7.37.